The Labute approximate surface area is 79.6 Å². The van der Waals surface area contributed by atoms with Crippen LogP contribution in [0, 0.1) is 0 Å². The van der Waals surface area contributed by atoms with E-state index in [9.17, 15) is 5.11 Å². The zero-order valence-corrected chi connectivity index (χ0v) is 8.70. The van der Waals surface area contributed by atoms with Crippen LogP contribution in [-0.2, 0) is 5.60 Å². The lowest BCUT2D eigenvalue weighted by atomic mass is 9.90. The van der Waals surface area contributed by atoms with E-state index in [0.29, 0.717) is 5.92 Å². The quantitative estimate of drug-likeness (QED) is 0.756. The Bertz CT molecular complexity index is 286. The smallest absolute Gasteiger partial charge is 0.0844 e. The first-order valence-electron chi connectivity index (χ1n) is 4.59. The summed E-state index contributed by atoms with van der Waals surface area (Å²) in [6, 6.07) is 1.88. The van der Waals surface area contributed by atoms with E-state index in [0.717, 1.165) is 11.1 Å². The normalized spacial score (nSPS) is 12.2. The monoisotopic (exact) mass is 179 g/mol. The van der Waals surface area contributed by atoms with Crippen molar-refractivity contribution in [1.82, 2.24) is 4.98 Å². The molecule has 0 saturated heterocycles. The van der Waals surface area contributed by atoms with Crippen molar-refractivity contribution >= 4 is 0 Å². The maximum Gasteiger partial charge on any atom is 0.0844 e. The minimum atomic E-state index is -0.775. The summed E-state index contributed by atoms with van der Waals surface area (Å²) in [6.07, 6.45) is 3.55. The van der Waals surface area contributed by atoms with Crippen molar-refractivity contribution in [3.8, 4) is 0 Å². The summed E-state index contributed by atoms with van der Waals surface area (Å²) in [5.74, 6) is 0.398. The zero-order chi connectivity index (χ0) is 10.1. The van der Waals surface area contributed by atoms with E-state index in [1.165, 1.54) is 0 Å². The molecule has 0 radical (unpaired) electrons. The third kappa shape index (κ3) is 2.28. The van der Waals surface area contributed by atoms with Crippen LogP contribution < -0.4 is 0 Å². The molecule has 0 atom stereocenters. The van der Waals surface area contributed by atoms with E-state index >= 15 is 0 Å². The third-order valence-corrected chi connectivity index (χ3v) is 2.13. The molecule has 0 saturated carbocycles. The fraction of sp³-hybridized carbons (Fsp3) is 0.545. The Balaban J connectivity index is 3.20. The molecule has 1 heterocycles. The molecule has 0 amide bonds. The van der Waals surface area contributed by atoms with Crippen molar-refractivity contribution in [2.75, 3.05) is 0 Å². The van der Waals surface area contributed by atoms with Crippen LogP contribution in [0.4, 0.5) is 0 Å². The van der Waals surface area contributed by atoms with Crippen LogP contribution in [0.15, 0.2) is 18.5 Å². The molecule has 1 aromatic rings. The molecule has 2 nitrogen and oxygen atoms in total. The minimum Gasteiger partial charge on any atom is -0.386 e. The SMILES string of the molecule is CC(C)c1cnccc1C(C)(C)O. The maximum absolute atomic E-state index is 9.89. The molecule has 0 bridgehead atoms. The van der Waals surface area contributed by atoms with Gasteiger partial charge in [0.2, 0.25) is 0 Å². The summed E-state index contributed by atoms with van der Waals surface area (Å²) in [6.45, 7) is 7.81. The minimum absolute atomic E-state index is 0.398. The van der Waals surface area contributed by atoms with Crippen LogP contribution in [0.25, 0.3) is 0 Å². The predicted molar refractivity (Wildman–Crippen MR) is 53.6 cm³/mol. The molecule has 1 N–H and O–H groups in total. The molecule has 0 fully saturated rings. The molecular weight excluding hydrogens is 162 g/mol. The summed E-state index contributed by atoms with van der Waals surface area (Å²) >= 11 is 0. The second-order valence-corrected chi connectivity index (χ2v) is 4.18. The van der Waals surface area contributed by atoms with Crippen molar-refractivity contribution in [3.63, 3.8) is 0 Å². The fourth-order valence-electron chi connectivity index (χ4n) is 1.42. The van der Waals surface area contributed by atoms with Gasteiger partial charge in [0.15, 0.2) is 0 Å². The van der Waals surface area contributed by atoms with Gasteiger partial charge in [0, 0.05) is 12.4 Å². The largest absolute Gasteiger partial charge is 0.386 e. The fourth-order valence-corrected chi connectivity index (χ4v) is 1.42. The third-order valence-electron chi connectivity index (χ3n) is 2.13. The lowest BCUT2D eigenvalue weighted by Gasteiger charge is -2.22. The van der Waals surface area contributed by atoms with Gasteiger partial charge in [-0.15, -0.1) is 0 Å². The molecule has 0 aromatic carbocycles. The van der Waals surface area contributed by atoms with Crippen LogP contribution in [0.3, 0.4) is 0 Å². The lowest BCUT2D eigenvalue weighted by molar-refractivity contribution is 0.0772. The molecular formula is C11H17NO. The highest BCUT2D eigenvalue weighted by atomic mass is 16.3. The Morgan fingerprint density at radius 1 is 1.38 bits per heavy atom. The number of aliphatic hydroxyl groups is 1. The van der Waals surface area contributed by atoms with E-state index < -0.39 is 5.60 Å². The standard InChI is InChI=1S/C11H17NO/c1-8(2)9-7-12-6-5-10(9)11(3,4)13/h5-8,13H,1-4H3. The molecule has 0 aliphatic rings. The molecule has 2 heteroatoms. The van der Waals surface area contributed by atoms with E-state index in [1.807, 2.05) is 12.3 Å². The second-order valence-electron chi connectivity index (χ2n) is 4.18. The van der Waals surface area contributed by atoms with Crippen LogP contribution in [-0.4, -0.2) is 10.1 Å². The molecule has 0 unspecified atom stereocenters. The first-order chi connectivity index (χ1) is 5.93. The highest BCUT2D eigenvalue weighted by Crippen LogP contribution is 2.27. The zero-order valence-electron chi connectivity index (χ0n) is 8.70. The van der Waals surface area contributed by atoms with E-state index in [-0.39, 0.29) is 0 Å². The van der Waals surface area contributed by atoms with Gasteiger partial charge in [0.25, 0.3) is 0 Å². The van der Waals surface area contributed by atoms with Gasteiger partial charge < -0.3 is 5.11 Å². The van der Waals surface area contributed by atoms with Gasteiger partial charge in [-0.25, -0.2) is 0 Å². The van der Waals surface area contributed by atoms with E-state index in [4.69, 9.17) is 0 Å². The molecule has 0 aliphatic heterocycles. The molecule has 1 rings (SSSR count). The van der Waals surface area contributed by atoms with Gasteiger partial charge in [-0.3, -0.25) is 4.98 Å². The summed E-state index contributed by atoms with van der Waals surface area (Å²) in [4.78, 5) is 4.07. The Kier molecular flexibility index (Phi) is 2.71. The number of aromatic nitrogens is 1. The highest BCUT2D eigenvalue weighted by Gasteiger charge is 2.20. The number of pyridine rings is 1. The molecule has 13 heavy (non-hydrogen) atoms. The number of hydrogen-bond donors (Lipinski definition) is 1. The lowest BCUT2D eigenvalue weighted by Crippen LogP contribution is -2.18. The molecule has 0 aliphatic carbocycles. The van der Waals surface area contributed by atoms with Crippen LogP contribution in [0.1, 0.15) is 44.7 Å². The topological polar surface area (TPSA) is 33.1 Å². The maximum atomic E-state index is 9.89. The van der Waals surface area contributed by atoms with Crippen LogP contribution in [0.5, 0.6) is 0 Å². The molecule has 0 spiro atoms. The van der Waals surface area contributed by atoms with Crippen molar-refractivity contribution in [2.24, 2.45) is 0 Å². The van der Waals surface area contributed by atoms with Gasteiger partial charge in [-0.05, 0) is 37.0 Å². The van der Waals surface area contributed by atoms with Gasteiger partial charge in [-0.2, -0.15) is 0 Å². The predicted octanol–water partition coefficient (Wildman–Crippen LogP) is 2.43. The van der Waals surface area contributed by atoms with Gasteiger partial charge in [0.1, 0.15) is 0 Å². The van der Waals surface area contributed by atoms with Crippen molar-refractivity contribution in [2.45, 2.75) is 39.2 Å². The van der Waals surface area contributed by atoms with Crippen molar-refractivity contribution in [1.29, 1.82) is 0 Å². The average molecular weight is 179 g/mol. The van der Waals surface area contributed by atoms with Crippen LogP contribution >= 0.6 is 0 Å². The molecule has 72 valence electrons. The first kappa shape index (κ1) is 10.2. The van der Waals surface area contributed by atoms with E-state index in [2.05, 4.69) is 18.8 Å². The Hall–Kier alpha value is -0.890. The van der Waals surface area contributed by atoms with Crippen LogP contribution in [0.2, 0.25) is 0 Å². The second kappa shape index (κ2) is 3.46. The Morgan fingerprint density at radius 2 is 2.00 bits per heavy atom. The number of hydrogen-bond acceptors (Lipinski definition) is 2. The van der Waals surface area contributed by atoms with Gasteiger partial charge in [0.05, 0.1) is 5.60 Å². The number of rotatable bonds is 2. The average Bonchev–Trinajstić information content (AvgIpc) is 2.03. The highest BCUT2D eigenvalue weighted by molar-refractivity contribution is 5.30. The van der Waals surface area contributed by atoms with Crippen molar-refractivity contribution < 1.29 is 5.11 Å². The summed E-state index contributed by atoms with van der Waals surface area (Å²) < 4.78 is 0. The van der Waals surface area contributed by atoms with Gasteiger partial charge >= 0.3 is 0 Å². The van der Waals surface area contributed by atoms with E-state index in [1.54, 1.807) is 20.0 Å². The number of nitrogens with zero attached hydrogens (tertiary/aromatic N) is 1. The summed E-state index contributed by atoms with van der Waals surface area (Å²) in [7, 11) is 0. The van der Waals surface area contributed by atoms with Gasteiger partial charge in [-0.1, -0.05) is 13.8 Å². The molecule has 1 aromatic heterocycles. The summed E-state index contributed by atoms with van der Waals surface area (Å²) in [5, 5.41) is 9.89. The first-order valence-corrected chi connectivity index (χ1v) is 4.59. The summed E-state index contributed by atoms with van der Waals surface area (Å²) in [5.41, 5.74) is 1.32. The van der Waals surface area contributed by atoms with Crippen molar-refractivity contribution in [3.05, 3.63) is 29.6 Å². The Morgan fingerprint density at radius 3 is 2.38 bits per heavy atom.